The summed E-state index contributed by atoms with van der Waals surface area (Å²) in [5, 5.41) is 9.19. The highest BCUT2D eigenvalue weighted by atomic mass is 19.4. The lowest BCUT2D eigenvalue weighted by Gasteiger charge is -2.12. The predicted molar refractivity (Wildman–Crippen MR) is 44.3 cm³/mol. The van der Waals surface area contributed by atoms with E-state index in [0.29, 0.717) is 5.56 Å². The van der Waals surface area contributed by atoms with Crippen molar-refractivity contribution >= 4 is 0 Å². The second-order valence-electron chi connectivity index (χ2n) is 2.95. The van der Waals surface area contributed by atoms with Crippen LogP contribution < -0.4 is 4.74 Å². The molecule has 1 rings (SSSR count). The summed E-state index contributed by atoms with van der Waals surface area (Å²) >= 11 is 0. The van der Waals surface area contributed by atoms with Crippen molar-refractivity contribution < 1.29 is 23.0 Å². The van der Waals surface area contributed by atoms with E-state index in [9.17, 15) is 18.3 Å². The van der Waals surface area contributed by atoms with Crippen LogP contribution in [0.2, 0.25) is 0 Å². The third-order valence-corrected chi connectivity index (χ3v) is 1.72. The van der Waals surface area contributed by atoms with E-state index in [1.807, 2.05) is 0 Å². The fourth-order valence-corrected chi connectivity index (χ4v) is 1.01. The molecule has 0 amide bonds. The third kappa shape index (κ3) is 2.55. The van der Waals surface area contributed by atoms with Gasteiger partial charge in [0.1, 0.15) is 11.5 Å². The average Bonchev–Trinajstić information content (AvgIpc) is 1.97. The zero-order valence-electron chi connectivity index (χ0n) is 7.64. The molecule has 1 N–H and O–H groups in total. The molecule has 0 aliphatic heterocycles. The van der Waals surface area contributed by atoms with Crippen LogP contribution in [0.4, 0.5) is 13.2 Å². The number of benzene rings is 1. The van der Waals surface area contributed by atoms with Gasteiger partial charge in [0, 0.05) is 0 Å². The molecule has 0 heterocycles. The summed E-state index contributed by atoms with van der Waals surface area (Å²) < 4.78 is 39.4. The van der Waals surface area contributed by atoms with Crippen LogP contribution in [0.25, 0.3) is 0 Å². The van der Waals surface area contributed by atoms with Crippen LogP contribution in [0, 0.1) is 13.8 Å². The summed E-state index contributed by atoms with van der Waals surface area (Å²) in [4.78, 5) is 0. The Morgan fingerprint density at radius 2 is 1.71 bits per heavy atom. The van der Waals surface area contributed by atoms with Gasteiger partial charge < -0.3 is 9.84 Å². The van der Waals surface area contributed by atoms with Crippen molar-refractivity contribution in [3.8, 4) is 11.5 Å². The van der Waals surface area contributed by atoms with Gasteiger partial charge in [-0.3, -0.25) is 0 Å². The lowest BCUT2D eigenvalue weighted by molar-refractivity contribution is -0.274. The minimum atomic E-state index is -4.70. The molecule has 0 fully saturated rings. The Morgan fingerprint density at radius 1 is 1.14 bits per heavy atom. The molecule has 5 heteroatoms. The highest BCUT2D eigenvalue weighted by Crippen LogP contribution is 2.30. The Morgan fingerprint density at radius 3 is 2.21 bits per heavy atom. The Labute approximate surface area is 78.9 Å². The predicted octanol–water partition coefficient (Wildman–Crippen LogP) is 2.91. The number of alkyl halides is 3. The zero-order chi connectivity index (χ0) is 10.9. The Bertz CT molecular complexity index is 345. The summed E-state index contributed by atoms with van der Waals surface area (Å²) in [6, 6.07) is 2.38. The third-order valence-electron chi connectivity index (χ3n) is 1.72. The maximum absolute atomic E-state index is 11.9. The molecule has 0 aliphatic rings. The normalized spacial score (nSPS) is 11.5. The van der Waals surface area contributed by atoms with Crippen LogP contribution in [-0.4, -0.2) is 11.5 Å². The van der Waals surface area contributed by atoms with Gasteiger partial charge in [-0.2, -0.15) is 0 Å². The molecule has 0 aromatic heterocycles. The number of phenols is 1. The molecular formula is C9H9F3O2. The number of phenolic OH excluding ortho intramolecular Hbond substituents is 1. The molecule has 0 spiro atoms. The SMILES string of the molecule is Cc1cc(OC(F)(F)F)c(C)cc1O. The van der Waals surface area contributed by atoms with Crippen LogP contribution in [-0.2, 0) is 0 Å². The van der Waals surface area contributed by atoms with Crippen LogP contribution in [0.1, 0.15) is 11.1 Å². The first-order chi connectivity index (χ1) is 6.29. The fourth-order valence-electron chi connectivity index (χ4n) is 1.01. The molecule has 2 nitrogen and oxygen atoms in total. The van der Waals surface area contributed by atoms with E-state index in [1.54, 1.807) is 0 Å². The summed E-state index contributed by atoms with van der Waals surface area (Å²) in [6.45, 7) is 2.93. The maximum atomic E-state index is 11.9. The quantitative estimate of drug-likeness (QED) is 0.765. The largest absolute Gasteiger partial charge is 0.573 e. The van der Waals surface area contributed by atoms with Gasteiger partial charge in [0.05, 0.1) is 0 Å². The second kappa shape index (κ2) is 3.40. The minimum absolute atomic E-state index is 0.0444. The highest BCUT2D eigenvalue weighted by molar-refractivity contribution is 5.44. The first-order valence-electron chi connectivity index (χ1n) is 3.85. The van der Waals surface area contributed by atoms with Crippen molar-refractivity contribution in [1.29, 1.82) is 0 Å². The van der Waals surface area contributed by atoms with E-state index in [-0.39, 0.29) is 17.1 Å². The Balaban J connectivity index is 3.04. The Kier molecular flexibility index (Phi) is 2.59. The van der Waals surface area contributed by atoms with Gasteiger partial charge in [-0.15, -0.1) is 13.2 Å². The molecule has 0 unspecified atom stereocenters. The molecule has 0 atom stereocenters. The van der Waals surface area contributed by atoms with Gasteiger partial charge in [0.15, 0.2) is 0 Å². The number of hydrogen-bond donors (Lipinski definition) is 1. The van der Waals surface area contributed by atoms with Gasteiger partial charge in [-0.05, 0) is 37.1 Å². The molecule has 1 aromatic rings. The lowest BCUT2D eigenvalue weighted by atomic mass is 10.1. The summed E-state index contributed by atoms with van der Waals surface area (Å²) in [5.74, 6) is -0.329. The molecule has 78 valence electrons. The first-order valence-corrected chi connectivity index (χ1v) is 3.85. The molecule has 0 saturated carbocycles. The average molecular weight is 206 g/mol. The summed E-state index contributed by atoms with van der Waals surface area (Å²) in [7, 11) is 0. The smallest absolute Gasteiger partial charge is 0.508 e. The molecule has 0 bridgehead atoms. The summed E-state index contributed by atoms with van der Waals surface area (Å²) in [5.41, 5.74) is 0.584. The number of rotatable bonds is 1. The van der Waals surface area contributed by atoms with E-state index < -0.39 is 6.36 Å². The van der Waals surface area contributed by atoms with Crippen molar-refractivity contribution in [2.45, 2.75) is 20.2 Å². The molecule has 0 radical (unpaired) electrons. The van der Waals surface area contributed by atoms with Crippen LogP contribution >= 0.6 is 0 Å². The van der Waals surface area contributed by atoms with Crippen LogP contribution in [0.15, 0.2) is 12.1 Å². The van der Waals surface area contributed by atoms with Gasteiger partial charge in [0.2, 0.25) is 0 Å². The number of halogens is 3. The second-order valence-corrected chi connectivity index (χ2v) is 2.95. The van der Waals surface area contributed by atoms with Crippen molar-refractivity contribution in [2.75, 3.05) is 0 Å². The van der Waals surface area contributed by atoms with Crippen LogP contribution in [0.5, 0.6) is 11.5 Å². The Hall–Kier alpha value is -1.39. The topological polar surface area (TPSA) is 29.5 Å². The lowest BCUT2D eigenvalue weighted by Crippen LogP contribution is -2.17. The number of aryl methyl sites for hydroxylation is 2. The summed E-state index contributed by atoms with van der Waals surface area (Å²) in [6.07, 6.45) is -4.70. The van der Waals surface area contributed by atoms with E-state index in [4.69, 9.17) is 0 Å². The van der Waals surface area contributed by atoms with Crippen LogP contribution in [0.3, 0.4) is 0 Å². The van der Waals surface area contributed by atoms with E-state index in [2.05, 4.69) is 4.74 Å². The van der Waals surface area contributed by atoms with E-state index in [1.165, 1.54) is 19.9 Å². The maximum Gasteiger partial charge on any atom is 0.573 e. The van der Waals surface area contributed by atoms with E-state index >= 15 is 0 Å². The first kappa shape index (κ1) is 10.7. The van der Waals surface area contributed by atoms with Crippen molar-refractivity contribution in [3.05, 3.63) is 23.3 Å². The molecular weight excluding hydrogens is 197 g/mol. The molecule has 0 aliphatic carbocycles. The van der Waals surface area contributed by atoms with E-state index in [0.717, 1.165) is 6.07 Å². The zero-order valence-corrected chi connectivity index (χ0v) is 7.64. The standard InChI is InChI=1S/C9H9F3O2/c1-5-4-8(14-9(10,11)12)6(2)3-7(5)13/h3-4,13H,1-2H3. The number of ether oxygens (including phenoxy) is 1. The number of hydrogen-bond acceptors (Lipinski definition) is 2. The van der Waals surface area contributed by atoms with Crippen molar-refractivity contribution in [3.63, 3.8) is 0 Å². The van der Waals surface area contributed by atoms with Gasteiger partial charge in [-0.25, -0.2) is 0 Å². The molecule has 14 heavy (non-hydrogen) atoms. The van der Waals surface area contributed by atoms with Crippen molar-refractivity contribution in [1.82, 2.24) is 0 Å². The highest BCUT2D eigenvalue weighted by Gasteiger charge is 2.31. The minimum Gasteiger partial charge on any atom is -0.508 e. The number of aromatic hydroxyl groups is 1. The fraction of sp³-hybridized carbons (Fsp3) is 0.333. The molecule has 0 saturated heterocycles. The monoisotopic (exact) mass is 206 g/mol. The van der Waals surface area contributed by atoms with Crippen molar-refractivity contribution in [2.24, 2.45) is 0 Å². The van der Waals surface area contributed by atoms with Gasteiger partial charge in [0.25, 0.3) is 0 Å². The van der Waals surface area contributed by atoms with Gasteiger partial charge in [-0.1, -0.05) is 0 Å². The van der Waals surface area contributed by atoms with Gasteiger partial charge >= 0.3 is 6.36 Å². The molecule has 1 aromatic carbocycles.